The lowest BCUT2D eigenvalue weighted by atomic mass is 10.3. The molecule has 1 aromatic carbocycles. The number of thiophene rings is 1. The molecule has 0 saturated carbocycles. The molecule has 9 nitrogen and oxygen atoms in total. The highest BCUT2D eigenvalue weighted by atomic mass is 32.2. The number of carbonyl (C=O) groups is 1. The zero-order chi connectivity index (χ0) is 22.3. The monoisotopic (exact) mass is 488 g/mol. The van der Waals surface area contributed by atoms with E-state index >= 15 is 0 Å². The van der Waals surface area contributed by atoms with Crippen LogP contribution in [0.5, 0.6) is 0 Å². The Hall–Kier alpha value is -2.80. The minimum absolute atomic E-state index is 0.250. The maximum Gasteiger partial charge on any atom is 0.277 e. The van der Waals surface area contributed by atoms with Gasteiger partial charge in [-0.25, -0.2) is 18.4 Å². The fourth-order valence-corrected chi connectivity index (χ4v) is 6.49. The summed E-state index contributed by atoms with van der Waals surface area (Å²) in [5.74, 6) is 0.595. The summed E-state index contributed by atoms with van der Waals surface area (Å²) in [4.78, 5) is 23.9. The van der Waals surface area contributed by atoms with Gasteiger partial charge in [0.15, 0.2) is 5.13 Å². The van der Waals surface area contributed by atoms with Crippen molar-refractivity contribution in [1.82, 2.24) is 19.4 Å². The van der Waals surface area contributed by atoms with E-state index in [4.69, 9.17) is 0 Å². The van der Waals surface area contributed by atoms with Crippen molar-refractivity contribution in [2.45, 2.75) is 23.7 Å². The summed E-state index contributed by atoms with van der Waals surface area (Å²) < 4.78 is 30.5. The summed E-state index contributed by atoms with van der Waals surface area (Å²) in [6, 6.07) is 8.34. The zero-order valence-electron chi connectivity index (χ0n) is 17.1. The normalized spacial score (nSPS) is 14.8. The molecule has 12 heteroatoms. The van der Waals surface area contributed by atoms with Gasteiger partial charge in [-0.3, -0.25) is 19.7 Å². The number of benzene rings is 1. The third kappa shape index (κ3) is 4.26. The van der Waals surface area contributed by atoms with Crippen molar-refractivity contribution in [3.8, 4) is 0 Å². The highest BCUT2D eigenvalue weighted by Crippen LogP contribution is 2.30. The minimum atomic E-state index is -3.63. The molecule has 0 radical (unpaired) electrons. The van der Waals surface area contributed by atoms with Crippen molar-refractivity contribution < 1.29 is 13.2 Å². The summed E-state index contributed by atoms with van der Waals surface area (Å²) in [6.07, 6.45) is 3.62. The topological polar surface area (TPSA) is 109 Å². The Morgan fingerprint density at radius 1 is 1.22 bits per heavy atom. The van der Waals surface area contributed by atoms with E-state index in [1.807, 2.05) is 11.6 Å². The Kier molecular flexibility index (Phi) is 5.45. The number of nitrogens with zero attached hydrogens (tertiary/aromatic N) is 4. The lowest BCUT2D eigenvalue weighted by molar-refractivity contribution is 0.102. The van der Waals surface area contributed by atoms with Gasteiger partial charge < -0.3 is 4.57 Å². The molecule has 0 bridgehead atoms. The number of aryl methyl sites for hydroxylation is 1. The van der Waals surface area contributed by atoms with Gasteiger partial charge in [0.05, 0.1) is 22.6 Å². The standard InChI is InChI=1S/C20H20N6O3S3/c1-25-8-2-4-17-21-15(11-26(17)12-25)19(27)23-20-22-14-7-6-13(10-16(14)31-20)24-32(28,29)18-5-3-9-30-18/h3,5-7,9-11,24H,2,4,8,12H2,1H3,(H,22,23,27). The third-order valence-corrected chi connectivity index (χ3v) is 8.76. The highest BCUT2D eigenvalue weighted by Gasteiger charge is 2.19. The predicted octanol–water partition coefficient (Wildman–Crippen LogP) is 3.44. The van der Waals surface area contributed by atoms with E-state index in [1.54, 1.807) is 41.9 Å². The van der Waals surface area contributed by atoms with Gasteiger partial charge in [0, 0.05) is 12.6 Å². The van der Waals surface area contributed by atoms with Gasteiger partial charge >= 0.3 is 0 Å². The van der Waals surface area contributed by atoms with Crippen molar-refractivity contribution >= 4 is 59.6 Å². The van der Waals surface area contributed by atoms with Gasteiger partial charge in [-0.15, -0.1) is 11.3 Å². The van der Waals surface area contributed by atoms with E-state index in [0.717, 1.165) is 41.2 Å². The van der Waals surface area contributed by atoms with Crippen LogP contribution in [-0.4, -0.2) is 47.4 Å². The summed E-state index contributed by atoms with van der Waals surface area (Å²) in [7, 11) is -1.58. The van der Waals surface area contributed by atoms with Crippen molar-refractivity contribution in [3.63, 3.8) is 0 Å². The second kappa shape index (κ2) is 8.28. The van der Waals surface area contributed by atoms with Crippen LogP contribution in [0.2, 0.25) is 0 Å². The summed E-state index contributed by atoms with van der Waals surface area (Å²) in [5.41, 5.74) is 1.47. The summed E-state index contributed by atoms with van der Waals surface area (Å²) >= 11 is 2.43. The molecule has 166 valence electrons. The SMILES string of the molecule is CN1CCCc2nc(C(=O)Nc3nc4ccc(NS(=O)(=O)c5cccs5)cc4s3)cn2C1. The van der Waals surface area contributed by atoms with E-state index in [2.05, 4.69) is 24.9 Å². The first-order chi connectivity index (χ1) is 15.4. The molecule has 4 heterocycles. The number of carbonyl (C=O) groups excluding carboxylic acids is 1. The maximum atomic E-state index is 12.7. The van der Waals surface area contributed by atoms with Crippen molar-refractivity contribution in [3.05, 3.63) is 53.4 Å². The fourth-order valence-electron chi connectivity index (χ4n) is 3.55. The first-order valence-corrected chi connectivity index (χ1v) is 13.1. The van der Waals surface area contributed by atoms with Gasteiger partial charge in [-0.2, -0.15) is 0 Å². The molecule has 4 aromatic rings. The number of imidazole rings is 1. The minimum Gasteiger partial charge on any atom is -0.321 e. The number of hydrogen-bond donors (Lipinski definition) is 2. The van der Waals surface area contributed by atoms with E-state index in [0.29, 0.717) is 28.7 Å². The number of rotatable bonds is 5. The van der Waals surface area contributed by atoms with Crippen LogP contribution in [0.25, 0.3) is 10.2 Å². The average Bonchev–Trinajstić information content (AvgIpc) is 3.46. The van der Waals surface area contributed by atoms with Crippen LogP contribution < -0.4 is 10.0 Å². The van der Waals surface area contributed by atoms with Crippen LogP contribution in [0.3, 0.4) is 0 Å². The molecule has 0 aliphatic carbocycles. The van der Waals surface area contributed by atoms with Crippen molar-refractivity contribution in [1.29, 1.82) is 0 Å². The number of sulfonamides is 1. The van der Waals surface area contributed by atoms with Gasteiger partial charge in [0.2, 0.25) is 0 Å². The predicted molar refractivity (Wildman–Crippen MR) is 126 cm³/mol. The zero-order valence-corrected chi connectivity index (χ0v) is 19.6. The molecular formula is C20H20N6O3S3. The molecule has 0 atom stereocenters. The number of nitrogens with one attached hydrogen (secondary N) is 2. The number of hydrogen-bond acceptors (Lipinski definition) is 8. The first-order valence-electron chi connectivity index (χ1n) is 9.90. The molecule has 3 aromatic heterocycles. The van der Waals surface area contributed by atoms with Gasteiger partial charge in [-0.05, 0) is 49.7 Å². The lowest BCUT2D eigenvalue weighted by Crippen LogP contribution is -2.20. The Balaban J connectivity index is 1.33. The molecule has 0 saturated heterocycles. The fraction of sp³-hybridized carbons (Fsp3) is 0.250. The van der Waals surface area contributed by atoms with Crippen LogP contribution in [-0.2, 0) is 23.1 Å². The van der Waals surface area contributed by atoms with E-state index in [9.17, 15) is 13.2 Å². The molecule has 0 unspecified atom stereocenters. The molecule has 1 aliphatic heterocycles. The molecule has 2 N–H and O–H groups in total. The van der Waals surface area contributed by atoms with Crippen molar-refractivity contribution in [2.24, 2.45) is 0 Å². The smallest absolute Gasteiger partial charge is 0.277 e. The largest absolute Gasteiger partial charge is 0.321 e. The average molecular weight is 489 g/mol. The molecule has 1 aliphatic rings. The van der Waals surface area contributed by atoms with E-state index in [1.165, 1.54) is 11.3 Å². The molecule has 0 fully saturated rings. The summed E-state index contributed by atoms with van der Waals surface area (Å²) in [5, 5.41) is 4.96. The molecule has 32 heavy (non-hydrogen) atoms. The molecule has 5 rings (SSSR count). The van der Waals surface area contributed by atoms with Crippen molar-refractivity contribution in [2.75, 3.05) is 23.6 Å². The lowest BCUT2D eigenvalue weighted by Gasteiger charge is -2.13. The van der Waals surface area contributed by atoms with Crippen LogP contribution in [0, 0.1) is 0 Å². The van der Waals surface area contributed by atoms with Gasteiger partial charge in [-0.1, -0.05) is 17.4 Å². The second-order valence-corrected chi connectivity index (χ2v) is 11.4. The quantitative estimate of drug-likeness (QED) is 0.445. The van der Waals surface area contributed by atoms with E-state index in [-0.39, 0.29) is 10.1 Å². The first kappa shape index (κ1) is 21.1. The second-order valence-electron chi connectivity index (χ2n) is 7.53. The Morgan fingerprint density at radius 2 is 2.09 bits per heavy atom. The third-order valence-electron chi connectivity index (χ3n) is 5.05. The number of aromatic nitrogens is 3. The Morgan fingerprint density at radius 3 is 2.91 bits per heavy atom. The van der Waals surface area contributed by atoms with Crippen LogP contribution >= 0.6 is 22.7 Å². The highest BCUT2D eigenvalue weighted by molar-refractivity contribution is 7.94. The molecule has 0 spiro atoms. The maximum absolute atomic E-state index is 12.7. The van der Waals surface area contributed by atoms with Crippen LogP contribution in [0.1, 0.15) is 22.7 Å². The number of thiazole rings is 1. The summed E-state index contributed by atoms with van der Waals surface area (Å²) in [6.45, 7) is 1.71. The van der Waals surface area contributed by atoms with Gasteiger partial charge in [0.25, 0.3) is 15.9 Å². The van der Waals surface area contributed by atoms with Crippen LogP contribution in [0.15, 0.2) is 46.1 Å². The number of amides is 1. The number of anilines is 2. The Labute approximate surface area is 192 Å². The van der Waals surface area contributed by atoms with E-state index < -0.39 is 10.0 Å². The Bertz CT molecular complexity index is 1390. The molecule has 1 amide bonds. The number of fused-ring (bicyclic) bond motifs is 2. The molecular weight excluding hydrogens is 468 g/mol. The van der Waals surface area contributed by atoms with Crippen LogP contribution in [0.4, 0.5) is 10.8 Å². The van der Waals surface area contributed by atoms with Gasteiger partial charge in [0.1, 0.15) is 15.7 Å².